The van der Waals surface area contributed by atoms with Crippen molar-refractivity contribution in [2.45, 2.75) is 38.8 Å². The molecule has 0 aromatic heterocycles. The lowest BCUT2D eigenvalue weighted by Gasteiger charge is -2.21. The first-order valence-electron chi connectivity index (χ1n) is 5.58. The molecule has 0 aliphatic carbocycles. The predicted molar refractivity (Wildman–Crippen MR) is 64.0 cm³/mol. The normalized spacial score (nSPS) is 19.2. The third kappa shape index (κ3) is 1.87. The van der Waals surface area contributed by atoms with E-state index in [2.05, 4.69) is 13.0 Å². The van der Waals surface area contributed by atoms with Crippen molar-refractivity contribution in [1.29, 1.82) is 0 Å². The number of benzene rings is 1. The predicted octanol–water partition coefficient (Wildman–Crippen LogP) is 2.21. The summed E-state index contributed by atoms with van der Waals surface area (Å²) in [6.45, 7) is 6.05. The molecule has 1 aliphatic heterocycles. The Hall–Kier alpha value is -1.22. The highest BCUT2D eigenvalue weighted by molar-refractivity contribution is 5.53. The fourth-order valence-electron chi connectivity index (χ4n) is 2.02. The molecule has 1 unspecified atom stereocenters. The van der Waals surface area contributed by atoms with E-state index in [4.69, 9.17) is 15.2 Å². The largest absolute Gasteiger partial charge is 0.493 e. The minimum absolute atomic E-state index is 0.222. The van der Waals surface area contributed by atoms with Crippen LogP contribution in [-0.2, 0) is 12.0 Å². The molecule has 1 aromatic rings. The molecular formula is C13H19NO2. The molecule has 2 rings (SSSR count). The number of methoxy groups -OCH3 is 1. The molecule has 1 aliphatic rings. The second kappa shape index (κ2) is 3.67. The monoisotopic (exact) mass is 221 g/mol. The molecule has 1 aromatic carbocycles. The van der Waals surface area contributed by atoms with Gasteiger partial charge in [0.15, 0.2) is 11.5 Å². The van der Waals surface area contributed by atoms with Crippen molar-refractivity contribution in [3.8, 4) is 11.5 Å². The van der Waals surface area contributed by atoms with Crippen molar-refractivity contribution in [2.75, 3.05) is 7.11 Å². The molecule has 1 heterocycles. The second-order valence-corrected chi connectivity index (χ2v) is 5.02. The van der Waals surface area contributed by atoms with E-state index >= 15 is 0 Å². The first-order chi connectivity index (χ1) is 7.41. The molecule has 0 amide bonds. The Kier molecular flexibility index (Phi) is 2.58. The van der Waals surface area contributed by atoms with E-state index in [0.29, 0.717) is 0 Å². The quantitative estimate of drug-likeness (QED) is 0.832. The molecule has 0 fully saturated rings. The van der Waals surface area contributed by atoms with Crippen LogP contribution in [0.3, 0.4) is 0 Å². The van der Waals surface area contributed by atoms with Gasteiger partial charge in [-0.15, -0.1) is 0 Å². The highest BCUT2D eigenvalue weighted by Gasteiger charge is 2.26. The van der Waals surface area contributed by atoms with Crippen molar-refractivity contribution in [3.05, 3.63) is 23.3 Å². The fraction of sp³-hybridized carbons (Fsp3) is 0.538. The van der Waals surface area contributed by atoms with Crippen LogP contribution >= 0.6 is 0 Å². The second-order valence-electron chi connectivity index (χ2n) is 5.02. The molecule has 0 spiro atoms. The fourth-order valence-corrected chi connectivity index (χ4v) is 2.02. The Morgan fingerprint density at radius 1 is 1.44 bits per heavy atom. The molecule has 0 saturated carbocycles. The number of hydrogen-bond acceptors (Lipinski definition) is 3. The standard InChI is InChI=1S/C13H19NO2/c1-8-5-9-6-10(13(2,3)14)7-11(15-4)12(9)16-8/h6-8H,5,14H2,1-4H3. The molecule has 1 atom stereocenters. The summed E-state index contributed by atoms with van der Waals surface area (Å²) in [5.41, 5.74) is 8.04. The first kappa shape index (κ1) is 11.3. The summed E-state index contributed by atoms with van der Waals surface area (Å²) in [6, 6.07) is 4.10. The highest BCUT2D eigenvalue weighted by atomic mass is 16.5. The van der Waals surface area contributed by atoms with E-state index in [-0.39, 0.29) is 11.6 Å². The van der Waals surface area contributed by atoms with Crippen molar-refractivity contribution in [1.82, 2.24) is 0 Å². The van der Waals surface area contributed by atoms with Gasteiger partial charge in [-0.25, -0.2) is 0 Å². The molecule has 3 heteroatoms. The summed E-state index contributed by atoms with van der Waals surface area (Å²) in [4.78, 5) is 0. The van der Waals surface area contributed by atoms with Crippen molar-refractivity contribution in [2.24, 2.45) is 5.73 Å². The third-order valence-electron chi connectivity index (χ3n) is 2.92. The van der Waals surface area contributed by atoms with Gasteiger partial charge in [0.1, 0.15) is 6.10 Å². The Bertz CT molecular complexity index is 407. The maximum absolute atomic E-state index is 6.11. The van der Waals surface area contributed by atoms with Gasteiger partial charge in [-0.05, 0) is 38.5 Å². The van der Waals surface area contributed by atoms with Gasteiger partial charge in [-0.2, -0.15) is 0 Å². The maximum Gasteiger partial charge on any atom is 0.164 e. The lowest BCUT2D eigenvalue weighted by molar-refractivity contribution is 0.243. The lowest BCUT2D eigenvalue weighted by atomic mass is 9.93. The van der Waals surface area contributed by atoms with Crippen LogP contribution in [0.4, 0.5) is 0 Å². The van der Waals surface area contributed by atoms with Crippen LogP contribution < -0.4 is 15.2 Å². The van der Waals surface area contributed by atoms with Gasteiger partial charge in [0.25, 0.3) is 0 Å². The zero-order valence-corrected chi connectivity index (χ0v) is 10.3. The minimum Gasteiger partial charge on any atom is -0.493 e. The topological polar surface area (TPSA) is 44.5 Å². The molecular weight excluding hydrogens is 202 g/mol. The van der Waals surface area contributed by atoms with Gasteiger partial charge in [0.05, 0.1) is 7.11 Å². The van der Waals surface area contributed by atoms with E-state index in [1.165, 1.54) is 5.56 Å². The van der Waals surface area contributed by atoms with E-state index in [1.807, 2.05) is 19.9 Å². The third-order valence-corrected chi connectivity index (χ3v) is 2.92. The average Bonchev–Trinajstić information content (AvgIpc) is 2.54. The van der Waals surface area contributed by atoms with Crippen LogP contribution in [0, 0.1) is 0 Å². The molecule has 3 nitrogen and oxygen atoms in total. The summed E-state index contributed by atoms with van der Waals surface area (Å²) in [7, 11) is 1.66. The molecule has 0 bridgehead atoms. The summed E-state index contributed by atoms with van der Waals surface area (Å²) in [5, 5.41) is 0. The Morgan fingerprint density at radius 2 is 2.12 bits per heavy atom. The van der Waals surface area contributed by atoms with E-state index in [9.17, 15) is 0 Å². The maximum atomic E-state index is 6.11. The van der Waals surface area contributed by atoms with Gasteiger partial charge < -0.3 is 15.2 Å². The molecule has 88 valence electrons. The molecule has 0 saturated heterocycles. The smallest absolute Gasteiger partial charge is 0.164 e. The number of rotatable bonds is 2. The SMILES string of the molecule is COc1cc(C(C)(C)N)cc2c1OC(C)C2. The zero-order valence-electron chi connectivity index (χ0n) is 10.3. The number of ether oxygens (including phenoxy) is 2. The number of hydrogen-bond donors (Lipinski definition) is 1. The van der Waals surface area contributed by atoms with Crippen LogP contribution in [0.15, 0.2) is 12.1 Å². The summed E-state index contributed by atoms with van der Waals surface area (Å²) in [6.07, 6.45) is 1.15. The Balaban J connectivity index is 2.51. The van der Waals surface area contributed by atoms with Crippen LogP contribution in [0.2, 0.25) is 0 Å². The minimum atomic E-state index is -0.353. The van der Waals surface area contributed by atoms with Crippen molar-refractivity contribution >= 4 is 0 Å². The summed E-state index contributed by atoms with van der Waals surface area (Å²) < 4.78 is 11.1. The highest BCUT2D eigenvalue weighted by Crippen LogP contribution is 2.40. The lowest BCUT2D eigenvalue weighted by Crippen LogP contribution is -2.28. The van der Waals surface area contributed by atoms with Gasteiger partial charge in [0.2, 0.25) is 0 Å². The van der Waals surface area contributed by atoms with Gasteiger partial charge in [-0.3, -0.25) is 0 Å². The van der Waals surface area contributed by atoms with Gasteiger partial charge >= 0.3 is 0 Å². The number of nitrogens with two attached hydrogens (primary N) is 1. The van der Waals surface area contributed by atoms with Gasteiger partial charge in [0, 0.05) is 17.5 Å². The van der Waals surface area contributed by atoms with Crippen molar-refractivity contribution in [3.63, 3.8) is 0 Å². The summed E-state index contributed by atoms with van der Waals surface area (Å²) in [5.74, 6) is 1.67. The van der Waals surface area contributed by atoms with Gasteiger partial charge in [-0.1, -0.05) is 0 Å². The molecule has 16 heavy (non-hydrogen) atoms. The van der Waals surface area contributed by atoms with E-state index < -0.39 is 0 Å². The van der Waals surface area contributed by atoms with Crippen LogP contribution in [0.1, 0.15) is 31.9 Å². The van der Waals surface area contributed by atoms with Crippen molar-refractivity contribution < 1.29 is 9.47 Å². The Morgan fingerprint density at radius 3 is 2.69 bits per heavy atom. The summed E-state index contributed by atoms with van der Waals surface area (Å²) >= 11 is 0. The van der Waals surface area contributed by atoms with Crippen LogP contribution in [0.25, 0.3) is 0 Å². The average molecular weight is 221 g/mol. The molecule has 2 N–H and O–H groups in total. The Labute approximate surface area is 96.5 Å². The molecule has 0 radical (unpaired) electrons. The van der Waals surface area contributed by atoms with Crippen LogP contribution in [0.5, 0.6) is 11.5 Å². The first-order valence-corrected chi connectivity index (χ1v) is 5.58. The van der Waals surface area contributed by atoms with E-state index in [0.717, 1.165) is 23.5 Å². The van der Waals surface area contributed by atoms with E-state index in [1.54, 1.807) is 7.11 Å². The number of fused-ring (bicyclic) bond motifs is 1. The van der Waals surface area contributed by atoms with Crippen LogP contribution in [-0.4, -0.2) is 13.2 Å². The zero-order chi connectivity index (χ0) is 11.9.